The number of carbonyl (C=O) groups is 1. The zero-order chi connectivity index (χ0) is 27.7. The van der Waals surface area contributed by atoms with Crippen molar-refractivity contribution in [2.24, 2.45) is 0 Å². The summed E-state index contributed by atoms with van der Waals surface area (Å²) in [6.45, 7) is 3.88. The number of rotatable bonds is 11. The van der Waals surface area contributed by atoms with Crippen molar-refractivity contribution in [3.05, 3.63) is 105 Å². The van der Waals surface area contributed by atoms with Crippen molar-refractivity contribution in [2.45, 2.75) is 38.4 Å². The fourth-order valence-electron chi connectivity index (χ4n) is 4.20. The minimum Gasteiger partial charge on any atom is -0.498 e. The third kappa shape index (κ3) is 8.93. The summed E-state index contributed by atoms with van der Waals surface area (Å²) in [6.07, 6.45) is 3.48. The molecule has 0 fully saturated rings. The Morgan fingerprint density at radius 3 is 2.66 bits per heavy atom. The number of esters is 1. The first-order valence-electron chi connectivity index (χ1n) is 12.2. The van der Waals surface area contributed by atoms with Crippen LogP contribution in [0.2, 0.25) is 10.0 Å². The van der Waals surface area contributed by atoms with Crippen LogP contribution in [0, 0.1) is 0 Å². The average Bonchev–Trinajstić information content (AvgIpc) is 2.87. The van der Waals surface area contributed by atoms with Gasteiger partial charge in [0.05, 0.1) is 24.3 Å². The van der Waals surface area contributed by atoms with Crippen LogP contribution in [-0.2, 0) is 27.0 Å². The van der Waals surface area contributed by atoms with Gasteiger partial charge < -0.3 is 9.47 Å². The fraction of sp³-hybridized carbons (Fsp3) is 0.345. The molecule has 1 unspecified atom stereocenters. The van der Waals surface area contributed by atoms with Crippen molar-refractivity contribution in [2.75, 3.05) is 26.8 Å². The predicted molar refractivity (Wildman–Crippen MR) is 144 cm³/mol. The second kappa shape index (κ2) is 13.9. The zero-order valence-corrected chi connectivity index (χ0v) is 22.7. The number of methoxy groups -OCH3 is 1. The van der Waals surface area contributed by atoms with Gasteiger partial charge in [-0.3, -0.25) is 4.90 Å². The van der Waals surface area contributed by atoms with E-state index in [9.17, 15) is 18.0 Å². The monoisotopic (exact) mass is 567 g/mol. The summed E-state index contributed by atoms with van der Waals surface area (Å²) in [5.41, 5.74) is 1.40. The first-order valence-corrected chi connectivity index (χ1v) is 12.9. The van der Waals surface area contributed by atoms with E-state index >= 15 is 0 Å². The minimum atomic E-state index is -4.52. The number of carbonyl (C=O) groups excluding carboxylic acids is 1. The Balaban J connectivity index is 1.67. The van der Waals surface area contributed by atoms with Crippen LogP contribution >= 0.6 is 23.2 Å². The molecule has 1 aliphatic rings. The van der Waals surface area contributed by atoms with Crippen molar-refractivity contribution < 1.29 is 27.4 Å². The summed E-state index contributed by atoms with van der Waals surface area (Å²) >= 11 is 12.4. The number of halogens is 5. The molecule has 0 aliphatic heterocycles. The highest BCUT2D eigenvalue weighted by Crippen LogP contribution is 2.36. The lowest BCUT2D eigenvalue weighted by Gasteiger charge is -2.27. The van der Waals surface area contributed by atoms with Gasteiger partial charge in [-0.15, -0.1) is 0 Å². The van der Waals surface area contributed by atoms with Crippen molar-refractivity contribution in [3.8, 4) is 0 Å². The van der Waals surface area contributed by atoms with Crippen LogP contribution in [-0.4, -0.2) is 37.7 Å². The maximum absolute atomic E-state index is 13.4. The Hall–Kier alpha value is -2.74. The van der Waals surface area contributed by atoms with E-state index in [0.29, 0.717) is 43.1 Å². The molecule has 1 aliphatic carbocycles. The molecule has 2 aromatic carbocycles. The van der Waals surface area contributed by atoms with E-state index in [0.717, 1.165) is 23.0 Å². The van der Waals surface area contributed by atoms with Gasteiger partial charge in [-0.2, -0.15) is 13.2 Å². The standard InChI is InChI=1S/C29H30Cl2F3NO3/c1-20(22-8-4-10-24(30)17-22)18-35(19-23-9-5-12-26(28(23)31)29(32,33)34)13-6-14-38-25-11-3-7-21(15-25)16-27(36)37-2/h3-5,7-12,16-17,20H,6,13-15,18-19H2,1-2H3/b21-16+. The van der Waals surface area contributed by atoms with Crippen molar-refractivity contribution in [1.29, 1.82) is 0 Å². The highest BCUT2D eigenvalue weighted by molar-refractivity contribution is 6.32. The van der Waals surface area contributed by atoms with E-state index in [-0.39, 0.29) is 17.5 Å². The number of hydrogen-bond donors (Lipinski definition) is 0. The Morgan fingerprint density at radius 2 is 1.95 bits per heavy atom. The van der Waals surface area contributed by atoms with Crippen LogP contribution in [0.5, 0.6) is 0 Å². The first kappa shape index (κ1) is 29.8. The van der Waals surface area contributed by atoms with Gasteiger partial charge >= 0.3 is 12.1 Å². The van der Waals surface area contributed by atoms with Crippen LogP contribution in [0.4, 0.5) is 13.2 Å². The molecule has 0 amide bonds. The smallest absolute Gasteiger partial charge is 0.417 e. The number of ether oxygens (including phenoxy) is 2. The van der Waals surface area contributed by atoms with Gasteiger partial charge in [-0.05, 0) is 53.3 Å². The Kier molecular flexibility index (Phi) is 10.9. The molecular formula is C29H30Cl2F3NO3. The topological polar surface area (TPSA) is 38.8 Å². The second-order valence-electron chi connectivity index (χ2n) is 9.08. The molecule has 3 rings (SSSR count). The third-order valence-corrected chi connectivity index (χ3v) is 6.79. The molecule has 0 heterocycles. The molecule has 2 aromatic rings. The second-order valence-corrected chi connectivity index (χ2v) is 9.90. The van der Waals surface area contributed by atoms with Gasteiger partial charge in [-0.25, -0.2) is 4.79 Å². The molecule has 0 aromatic heterocycles. The summed E-state index contributed by atoms with van der Waals surface area (Å²) in [7, 11) is 1.32. The Morgan fingerprint density at radius 1 is 1.18 bits per heavy atom. The largest absolute Gasteiger partial charge is 0.498 e. The molecule has 0 saturated heterocycles. The van der Waals surface area contributed by atoms with Crippen molar-refractivity contribution >= 4 is 29.2 Å². The minimum absolute atomic E-state index is 0.0800. The number of benzene rings is 2. The molecule has 9 heteroatoms. The zero-order valence-electron chi connectivity index (χ0n) is 21.2. The van der Waals surface area contributed by atoms with Crippen LogP contribution in [0.3, 0.4) is 0 Å². The van der Waals surface area contributed by atoms with Gasteiger partial charge in [0.15, 0.2) is 0 Å². The quantitative estimate of drug-likeness (QED) is 0.157. The maximum Gasteiger partial charge on any atom is 0.417 e. The fourth-order valence-corrected chi connectivity index (χ4v) is 4.69. The number of alkyl halides is 3. The van der Waals surface area contributed by atoms with E-state index in [1.807, 2.05) is 36.4 Å². The lowest BCUT2D eigenvalue weighted by Crippen LogP contribution is -2.29. The van der Waals surface area contributed by atoms with Crippen LogP contribution in [0.1, 0.15) is 42.4 Å². The third-order valence-electron chi connectivity index (χ3n) is 6.11. The molecule has 0 bridgehead atoms. The predicted octanol–water partition coefficient (Wildman–Crippen LogP) is 7.97. The van der Waals surface area contributed by atoms with Crippen molar-refractivity contribution in [3.63, 3.8) is 0 Å². The van der Waals surface area contributed by atoms with Gasteiger partial charge in [0.25, 0.3) is 0 Å². The summed E-state index contributed by atoms with van der Waals surface area (Å²) in [5.74, 6) is 0.377. The molecule has 0 spiro atoms. The summed E-state index contributed by atoms with van der Waals surface area (Å²) in [5, 5.41) is 0.353. The van der Waals surface area contributed by atoms with Crippen LogP contribution < -0.4 is 0 Å². The highest BCUT2D eigenvalue weighted by atomic mass is 35.5. The van der Waals surface area contributed by atoms with Gasteiger partial charge in [0.1, 0.15) is 5.76 Å². The molecule has 0 N–H and O–H groups in total. The maximum atomic E-state index is 13.4. The molecule has 4 nitrogen and oxygen atoms in total. The van der Waals surface area contributed by atoms with Gasteiger partial charge in [0, 0.05) is 37.2 Å². The number of hydrogen-bond acceptors (Lipinski definition) is 4. The summed E-state index contributed by atoms with van der Waals surface area (Å²) in [6, 6.07) is 11.6. The molecule has 1 atom stereocenters. The molecule has 38 heavy (non-hydrogen) atoms. The van der Waals surface area contributed by atoms with E-state index in [1.54, 1.807) is 12.1 Å². The van der Waals surface area contributed by atoms with Gasteiger partial charge in [0.2, 0.25) is 0 Å². The summed E-state index contributed by atoms with van der Waals surface area (Å²) < 4.78 is 50.8. The van der Waals surface area contributed by atoms with Crippen LogP contribution in [0.25, 0.3) is 0 Å². The van der Waals surface area contributed by atoms with Crippen LogP contribution in [0.15, 0.2) is 78.1 Å². The summed E-state index contributed by atoms with van der Waals surface area (Å²) in [4.78, 5) is 13.6. The van der Waals surface area contributed by atoms with E-state index in [1.165, 1.54) is 19.3 Å². The molecular weight excluding hydrogens is 538 g/mol. The normalized spacial score (nSPS) is 15.5. The average molecular weight is 568 g/mol. The van der Waals surface area contributed by atoms with E-state index in [4.69, 9.17) is 27.9 Å². The lowest BCUT2D eigenvalue weighted by atomic mass is 10.00. The Bertz CT molecular complexity index is 1210. The number of allylic oxidation sites excluding steroid dienone is 4. The number of nitrogens with zero attached hydrogens (tertiary/aromatic N) is 1. The van der Waals surface area contributed by atoms with Gasteiger partial charge in [-0.1, -0.05) is 66.5 Å². The van der Waals surface area contributed by atoms with E-state index in [2.05, 4.69) is 16.6 Å². The molecule has 0 radical (unpaired) electrons. The van der Waals surface area contributed by atoms with Crippen molar-refractivity contribution in [1.82, 2.24) is 4.90 Å². The molecule has 0 saturated carbocycles. The molecule has 204 valence electrons. The highest BCUT2D eigenvalue weighted by Gasteiger charge is 2.34. The van der Waals surface area contributed by atoms with E-state index < -0.39 is 17.7 Å². The SMILES string of the molecule is COC(=O)/C=C1\C=CC=C(OCCCN(Cc2cccc(C(F)(F)F)c2Cl)CC(C)c2cccc(Cl)c2)C1. The Labute approximate surface area is 231 Å². The first-order chi connectivity index (χ1) is 18.1. The lowest BCUT2D eigenvalue weighted by molar-refractivity contribution is -0.137.